The summed E-state index contributed by atoms with van der Waals surface area (Å²) < 4.78 is 7.02. The molecule has 0 radical (unpaired) electrons. The van der Waals surface area contributed by atoms with Crippen molar-refractivity contribution < 1.29 is 14.6 Å². The third-order valence-electron chi connectivity index (χ3n) is 6.81. The van der Waals surface area contributed by atoms with Crippen LogP contribution in [0, 0.1) is 0 Å². The van der Waals surface area contributed by atoms with Gasteiger partial charge >= 0.3 is 0 Å². The first kappa shape index (κ1) is 23.9. The molecule has 7 nitrogen and oxygen atoms in total. The molecule has 2 aromatic carbocycles. The first-order chi connectivity index (χ1) is 16.1. The second kappa shape index (κ2) is 9.52. The van der Waals surface area contributed by atoms with Gasteiger partial charge in [0.15, 0.2) is 11.4 Å². The highest BCUT2D eigenvalue weighted by atomic mass is 35.5. The first-order valence-electron chi connectivity index (χ1n) is 11.2. The predicted octanol–water partition coefficient (Wildman–Crippen LogP) is 3.69. The molecule has 5 rings (SSSR count). The second-order valence-electron chi connectivity index (χ2n) is 8.58. The number of rotatable bonds is 6. The van der Waals surface area contributed by atoms with Crippen LogP contribution in [-0.4, -0.2) is 46.5 Å². The molecule has 0 unspecified atom stereocenters. The molecule has 1 amide bonds. The Balaban J connectivity index is 0.00000274. The topological polar surface area (TPSA) is 75.0 Å². The Morgan fingerprint density at radius 3 is 2.06 bits per heavy atom. The summed E-state index contributed by atoms with van der Waals surface area (Å²) in [6.45, 7) is 0.727. The lowest BCUT2D eigenvalue weighted by atomic mass is 9.79. The number of carbonyl (C=O) groups is 1. The molecule has 1 aliphatic carbocycles. The lowest BCUT2D eigenvalue weighted by Crippen LogP contribution is -2.74. The van der Waals surface area contributed by atoms with E-state index in [-0.39, 0.29) is 30.0 Å². The van der Waals surface area contributed by atoms with Gasteiger partial charge in [-0.1, -0.05) is 60.7 Å². The molecule has 1 aromatic heterocycles. The third kappa shape index (κ3) is 3.65. The molecule has 1 fully saturated rings. The van der Waals surface area contributed by atoms with E-state index in [0.29, 0.717) is 13.2 Å². The van der Waals surface area contributed by atoms with Crippen molar-refractivity contribution in [2.24, 2.45) is 0 Å². The highest BCUT2D eigenvalue weighted by Crippen LogP contribution is 2.48. The number of hydrogen-bond acceptors (Lipinski definition) is 5. The van der Waals surface area contributed by atoms with Crippen molar-refractivity contribution in [1.29, 1.82) is 0 Å². The molecule has 0 atom stereocenters. The van der Waals surface area contributed by atoms with Crippen LogP contribution in [0.2, 0.25) is 0 Å². The first-order valence-corrected chi connectivity index (χ1v) is 11.2. The fourth-order valence-corrected chi connectivity index (χ4v) is 5.13. The van der Waals surface area contributed by atoms with Crippen LogP contribution in [0.3, 0.4) is 0 Å². The fraction of sp³-hybridized carbons (Fsp3) is 0.308. The number of carbonyl (C=O) groups excluding carboxylic acids is 1. The second-order valence-corrected chi connectivity index (χ2v) is 8.58. The molecule has 8 heteroatoms. The van der Waals surface area contributed by atoms with Crippen molar-refractivity contribution in [2.45, 2.75) is 31.0 Å². The Kier molecular flexibility index (Phi) is 6.68. The Hall–Kier alpha value is -3.29. The van der Waals surface area contributed by atoms with Crippen LogP contribution in [0.25, 0.3) is 0 Å². The van der Waals surface area contributed by atoms with Crippen LogP contribution in [0.4, 0.5) is 0 Å². The van der Waals surface area contributed by atoms with Gasteiger partial charge in [0.1, 0.15) is 5.66 Å². The summed E-state index contributed by atoms with van der Waals surface area (Å²) in [6, 6.07) is 21.3. The fourth-order valence-electron chi connectivity index (χ4n) is 5.13. The zero-order valence-electron chi connectivity index (χ0n) is 19.0. The molecule has 2 aliphatic rings. The SMILES string of the molecule is COCCN1C(=O)c2c(O)c(=O)ccn2N(C(c2ccccc2)c2ccccc2)C12CCC2.Cl. The minimum Gasteiger partial charge on any atom is -0.502 e. The number of amides is 1. The minimum absolute atomic E-state index is 0. The zero-order valence-corrected chi connectivity index (χ0v) is 19.8. The number of nitrogens with zero attached hydrogens (tertiary/aromatic N) is 3. The molecule has 2 heterocycles. The summed E-state index contributed by atoms with van der Waals surface area (Å²) in [7, 11) is 1.60. The molecular formula is C26H28ClN3O4. The Morgan fingerprint density at radius 2 is 1.56 bits per heavy atom. The summed E-state index contributed by atoms with van der Waals surface area (Å²) in [4.78, 5) is 27.8. The molecule has 1 spiro atoms. The average molecular weight is 482 g/mol. The maximum Gasteiger partial charge on any atom is 0.278 e. The van der Waals surface area contributed by atoms with Crippen molar-refractivity contribution in [2.75, 3.05) is 25.3 Å². The predicted molar refractivity (Wildman–Crippen MR) is 132 cm³/mol. The van der Waals surface area contributed by atoms with Crippen molar-refractivity contribution in [1.82, 2.24) is 9.58 Å². The summed E-state index contributed by atoms with van der Waals surface area (Å²) in [5.74, 6) is -0.873. The molecular weight excluding hydrogens is 454 g/mol. The highest BCUT2D eigenvalue weighted by Gasteiger charge is 2.56. The monoisotopic (exact) mass is 481 g/mol. The smallest absolute Gasteiger partial charge is 0.278 e. The number of benzene rings is 2. The van der Waals surface area contributed by atoms with E-state index in [1.54, 1.807) is 22.9 Å². The van der Waals surface area contributed by atoms with E-state index in [9.17, 15) is 14.7 Å². The molecule has 178 valence electrons. The van der Waals surface area contributed by atoms with Crippen LogP contribution in [0.1, 0.15) is 46.9 Å². The molecule has 1 saturated carbocycles. The van der Waals surface area contributed by atoms with E-state index in [2.05, 4.69) is 29.3 Å². The van der Waals surface area contributed by atoms with Crippen molar-refractivity contribution >= 4 is 18.3 Å². The lowest BCUT2D eigenvalue weighted by molar-refractivity contribution is -0.0255. The van der Waals surface area contributed by atoms with Crippen LogP contribution in [0.5, 0.6) is 5.75 Å². The van der Waals surface area contributed by atoms with Crippen molar-refractivity contribution in [3.63, 3.8) is 0 Å². The van der Waals surface area contributed by atoms with Gasteiger partial charge in [-0.15, -0.1) is 12.4 Å². The van der Waals surface area contributed by atoms with E-state index in [4.69, 9.17) is 4.74 Å². The number of fused-ring (bicyclic) bond motifs is 1. The normalized spacial score (nSPS) is 16.2. The van der Waals surface area contributed by atoms with Crippen LogP contribution < -0.4 is 10.4 Å². The summed E-state index contributed by atoms with van der Waals surface area (Å²) >= 11 is 0. The van der Waals surface area contributed by atoms with Gasteiger partial charge < -0.3 is 14.7 Å². The Morgan fingerprint density at radius 1 is 0.971 bits per heavy atom. The van der Waals surface area contributed by atoms with Gasteiger partial charge in [-0.3, -0.25) is 19.3 Å². The zero-order chi connectivity index (χ0) is 23.0. The van der Waals surface area contributed by atoms with Crippen molar-refractivity contribution in [3.05, 3.63) is 100.0 Å². The summed E-state index contributed by atoms with van der Waals surface area (Å²) in [6.07, 6.45) is 4.16. The van der Waals surface area contributed by atoms with E-state index in [1.165, 1.54) is 6.07 Å². The van der Waals surface area contributed by atoms with Gasteiger partial charge in [-0.2, -0.15) is 0 Å². The maximum absolute atomic E-state index is 13.7. The molecule has 34 heavy (non-hydrogen) atoms. The van der Waals surface area contributed by atoms with Gasteiger partial charge in [0.25, 0.3) is 5.91 Å². The average Bonchev–Trinajstić information content (AvgIpc) is 2.82. The van der Waals surface area contributed by atoms with E-state index >= 15 is 0 Å². The highest BCUT2D eigenvalue weighted by molar-refractivity contribution is 5.97. The number of aromatic nitrogens is 1. The summed E-state index contributed by atoms with van der Waals surface area (Å²) in [5.41, 5.74) is 0.940. The Bertz CT molecular complexity index is 1170. The molecule has 3 aromatic rings. The van der Waals surface area contributed by atoms with Gasteiger partial charge in [0.2, 0.25) is 5.43 Å². The number of hydrogen-bond donors (Lipinski definition) is 1. The van der Waals surface area contributed by atoms with E-state index in [0.717, 1.165) is 30.4 Å². The third-order valence-corrected chi connectivity index (χ3v) is 6.81. The molecule has 1 aliphatic heterocycles. The summed E-state index contributed by atoms with van der Waals surface area (Å²) in [5, 5.41) is 12.9. The van der Waals surface area contributed by atoms with Gasteiger partial charge in [-0.05, 0) is 30.4 Å². The molecule has 0 bridgehead atoms. The van der Waals surface area contributed by atoms with Gasteiger partial charge in [-0.25, -0.2) is 0 Å². The van der Waals surface area contributed by atoms with E-state index in [1.807, 2.05) is 36.4 Å². The van der Waals surface area contributed by atoms with E-state index < -0.39 is 16.8 Å². The number of halogens is 1. The number of pyridine rings is 1. The van der Waals surface area contributed by atoms with Gasteiger partial charge in [0, 0.05) is 25.9 Å². The maximum atomic E-state index is 13.7. The van der Waals surface area contributed by atoms with Crippen LogP contribution in [-0.2, 0) is 4.74 Å². The molecule has 1 N–H and O–H groups in total. The minimum atomic E-state index is -0.597. The quantitative estimate of drug-likeness (QED) is 0.581. The van der Waals surface area contributed by atoms with Crippen LogP contribution >= 0.6 is 12.4 Å². The number of aromatic hydroxyl groups is 1. The van der Waals surface area contributed by atoms with Crippen molar-refractivity contribution in [3.8, 4) is 5.75 Å². The molecule has 0 saturated heterocycles. The van der Waals surface area contributed by atoms with Crippen LogP contribution in [0.15, 0.2) is 77.7 Å². The Labute approximate surface area is 204 Å². The largest absolute Gasteiger partial charge is 0.502 e. The van der Waals surface area contributed by atoms with Gasteiger partial charge in [0.05, 0.1) is 12.6 Å². The lowest BCUT2D eigenvalue weighted by Gasteiger charge is -2.62. The number of methoxy groups -OCH3 is 1. The standard InChI is InChI=1S/C26H27N3O4.ClH/c1-33-18-17-27-25(32)23-24(31)21(30)13-16-28(23)29(26(27)14-8-15-26)22(19-9-4-2-5-10-19)20-11-6-3-7-12-20;/h2-7,9-13,16,22,31H,8,14-15,17-18H2,1H3;1H. The number of ether oxygens (including phenoxy) is 1.